The van der Waals surface area contributed by atoms with Crippen molar-refractivity contribution in [2.45, 2.75) is 18.9 Å². The Balaban J connectivity index is 1.66. The second-order valence-corrected chi connectivity index (χ2v) is 6.41. The zero-order valence-electron chi connectivity index (χ0n) is 12.5. The van der Waals surface area contributed by atoms with Gasteiger partial charge in [0.25, 0.3) is 0 Å². The molecule has 0 spiro atoms. The summed E-state index contributed by atoms with van der Waals surface area (Å²) < 4.78 is 2.12. The van der Waals surface area contributed by atoms with E-state index in [2.05, 4.69) is 26.9 Å². The van der Waals surface area contributed by atoms with E-state index in [0.717, 1.165) is 19.4 Å². The first-order chi connectivity index (χ1) is 10.7. The normalized spacial score (nSPS) is 18.3. The molecule has 1 fully saturated rings. The van der Waals surface area contributed by atoms with Crippen LogP contribution in [-0.4, -0.2) is 28.5 Å². The van der Waals surface area contributed by atoms with Crippen LogP contribution in [0.3, 0.4) is 0 Å². The van der Waals surface area contributed by atoms with Gasteiger partial charge in [0.15, 0.2) is 0 Å². The topological polar surface area (TPSA) is 61.1 Å². The Morgan fingerprint density at radius 3 is 3.14 bits per heavy atom. The standard InChI is InChI=1S/C16H18N4OS/c1-19-7-2-4-13(19)14-5-3-8-20(14)11-15(21)18-16-12(10-17)6-9-22-16/h2,4,6-7,9,14H,3,5,8,11H2,1H3,(H,18,21)/t14-/m1/s1. The van der Waals surface area contributed by atoms with Gasteiger partial charge >= 0.3 is 0 Å². The van der Waals surface area contributed by atoms with Gasteiger partial charge in [0.05, 0.1) is 18.2 Å². The van der Waals surface area contributed by atoms with E-state index in [4.69, 9.17) is 5.26 Å². The molecule has 1 N–H and O–H groups in total. The van der Waals surface area contributed by atoms with Gasteiger partial charge in [0.2, 0.25) is 5.91 Å². The third-order valence-electron chi connectivity index (χ3n) is 4.07. The number of aryl methyl sites for hydroxylation is 1. The van der Waals surface area contributed by atoms with Crippen LogP contribution in [0.15, 0.2) is 29.8 Å². The molecule has 3 rings (SSSR count). The van der Waals surface area contributed by atoms with Crippen LogP contribution < -0.4 is 5.32 Å². The van der Waals surface area contributed by atoms with Crippen LogP contribution >= 0.6 is 11.3 Å². The van der Waals surface area contributed by atoms with Crippen molar-refractivity contribution >= 4 is 22.2 Å². The lowest BCUT2D eigenvalue weighted by atomic mass is 10.1. The van der Waals surface area contributed by atoms with Crippen molar-refractivity contribution in [3.8, 4) is 6.07 Å². The summed E-state index contributed by atoms with van der Waals surface area (Å²) in [5, 5.41) is 14.3. The molecule has 2 aromatic heterocycles. The lowest BCUT2D eigenvalue weighted by molar-refractivity contribution is -0.117. The van der Waals surface area contributed by atoms with Gasteiger partial charge in [0, 0.05) is 18.9 Å². The number of carbonyl (C=O) groups is 1. The first kappa shape index (κ1) is 14.8. The van der Waals surface area contributed by atoms with Crippen molar-refractivity contribution in [3.05, 3.63) is 41.0 Å². The third-order valence-corrected chi connectivity index (χ3v) is 4.90. The summed E-state index contributed by atoms with van der Waals surface area (Å²) in [5.74, 6) is -0.0555. The van der Waals surface area contributed by atoms with Crippen LogP contribution in [0, 0.1) is 11.3 Å². The third kappa shape index (κ3) is 2.91. The molecule has 2 aromatic rings. The highest BCUT2D eigenvalue weighted by molar-refractivity contribution is 7.14. The predicted molar refractivity (Wildman–Crippen MR) is 86.6 cm³/mol. The number of hydrogen-bond acceptors (Lipinski definition) is 4. The Bertz CT molecular complexity index is 712. The first-order valence-corrected chi connectivity index (χ1v) is 8.19. The van der Waals surface area contributed by atoms with E-state index in [-0.39, 0.29) is 5.91 Å². The molecule has 1 amide bonds. The lowest BCUT2D eigenvalue weighted by Gasteiger charge is -2.24. The molecule has 1 saturated heterocycles. The molecule has 1 aliphatic rings. The van der Waals surface area contributed by atoms with E-state index < -0.39 is 0 Å². The summed E-state index contributed by atoms with van der Waals surface area (Å²) in [6, 6.07) is 8.27. The summed E-state index contributed by atoms with van der Waals surface area (Å²) in [7, 11) is 2.04. The number of amides is 1. The molecule has 0 radical (unpaired) electrons. The monoisotopic (exact) mass is 314 g/mol. The maximum Gasteiger partial charge on any atom is 0.239 e. The van der Waals surface area contributed by atoms with Gasteiger partial charge in [-0.05, 0) is 43.0 Å². The molecule has 0 bridgehead atoms. The van der Waals surface area contributed by atoms with Gasteiger partial charge in [-0.15, -0.1) is 11.3 Å². The van der Waals surface area contributed by atoms with Crippen LogP contribution in [0.25, 0.3) is 0 Å². The largest absolute Gasteiger partial charge is 0.353 e. The molecule has 0 aliphatic carbocycles. The van der Waals surface area contributed by atoms with Gasteiger partial charge in [-0.3, -0.25) is 9.69 Å². The highest BCUT2D eigenvalue weighted by Crippen LogP contribution is 2.31. The van der Waals surface area contributed by atoms with Gasteiger partial charge < -0.3 is 9.88 Å². The fraction of sp³-hybridized carbons (Fsp3) is 0.375. The quantitative estimate of drug-likeness (QED) is 0.944. The maximum absolute atomic E-state index is 12.3. The minimum absolute atomic E-state index is 0.0555. The van der Waals surface area contributed by atoms with Crippen molar-refractivity contribution < 1.29 is 4.79 Å². The second-order valence-electron chi connectivity index (χ2n) is 5.50. The summed E-state index contributed by atoms with van der Waals surface area (Å²) in [6.45, 7) is 1.29. The van der Waals surface area contributed by atoms with E-state index in [9.17, 15) is 4.79 Å². The maximum atomic E-state index is 12.3. The van der Waals surface area contributed by atoms with Crippen LogP contribution in [-0.2, 0) is 11.8 Å². The second kappa shape index (κ2) is 6.34. The molecule has 114 valence electrons. The summed E-state index contributed by atoms with van der Waals surface area (Å²) in [4.78, 5) is 14.5. The highest BCUT2D eigenvalue weighted by Gasteiger charge is 2.29. The number of nitriles is 1. The summed E-state index contributed by atoms with van der Waals surface area (Å²) >= 11 is 1.38. The molecule has 0 unspecified atom stereocenters. The zero-order chi connectivity index (χ0) is 15.5. The molecule has 0 saturated carbocycles. The van der Waals surface area contributed by atoms with Crippen molar-refractivity contribution in [1.82, 2.24) is 9.47 Å². The highest BCUT2D eigenvalue weighted by atomic mass is 32.1. The van der Waals surface area contributed by atoms with E-state index in [1.807, 2.05) is 24.7 Å². The number of hydrogen-bond donors (Lipinski definition) is 1. The molecule has 3 heterocycles. The van der Waals surface area contributed by atoms with Gasteiger partial charge in [-0.25, -0.2) is 0 Å². The molecule has 22 heavy (non-hydrogen) atoms. The summed E-state index contributed by atoms with van der Waals surface area (Å²) in [5.41, 5.74) is 1.78. The summed E-state index contributed by atoms with van der Waals surface area (Å²) in [6.07, 6.45) is 4.22. The Morgan fingerprint density at radius 2 is 2.41 bits per heavy atom. The average molecular weight is 314 g/mol. The van der Waals surface area contributed by atoms with Crippen LogP contribution in [0.2, 0.25) is 0 Å². The van der Waals surface area contributed by atoms with Crippen molar-refractivity contribution in [3.63, 3.8) is 0 Å². The Kier molecular flexibility index (Phi) is 4.27. The lowest BCUT2D eigenvalue weighted by Crippen LogP contribution is -2.33. The average Bonchev–Trinajstić information content (AvgIpc) is 3.20. The number of aromatic nitrogens is 1. The molecular formula is C16H18N4OS. The number of anilines is 1. The Hall–Kier alpha value is -2.10. The van der Waals surface area contributed by atoms with Gasteiger partial charge in [-0.2, -0.15) is 5.26 Å². The fourth-order valence-corrected chi connectivity index (χ4v) is 3.77. The van der Waals surface area contributed by atoms with Gasteiger partial charge in [-0.1, -0.05) is 0 Å². The number of thiophene rings is 1. The van der Waals surface area contributed by atoms with Crippen LogP contribution in [0.5, 0.6) is 0 Å². The molecule has 0 aromatic carbocycles. The van der Waals surface area contributed by atoms with Crippen LogP contribution in [0.1, 0.15) is 30.1 Å². The number of likely N-dealkylation sites (tertiary alicyclic amines) is 1. The molecule has 6 heteroatoms. The predicted octanol–water partition coefficient (Wildman–Crippen LogP) is 2.73. The smallest absolute Gasteiger partial charge is 0.239 e. The molecule has 5 nitrogen and oxygen atoms in total. The fourth-order valence-electron chi connectivity index (χ4n) is 3.02. The van der Waals surface area contributed by atoms with E-state index in [0.29, 0.717) is 23.2 Å². The Labute approximate surface area is 133 Å². The van der Waals surface area contributed by atoms with Crippen molar-refractivity contribution in [1.29, 1.82) is 5.26 Å². The minimum atomic E-state index is -0.0555. The first-order valence-electron chi connectivity index (χ1n) is 7.32. The van der Waals surface area contributed by atoms with E-state index >= 15 is 0 Å². The zero-order valence-corrected chi connectivity index (χ0v) is 13.3. The van der Waals surface area contributed by atoms with Crippen molar-refractivity contribution in [2.24, 2.45) is 7.05 Å². The molecular weight excluding hydrogens is 296 g/mol. The number of carbonyl (C=O) groups excluding carboxylic acids is 1. The molecule has 1 aliphatic heterocycles. The minimum Gasteiger partial charge on any atom is -0.353 e. The number of nitrogens with one attached hydrogen (secondary N) is 1. The van der Waals surface area contributed by atoms with Crippen molar-refractivity contribution in [2.75, 3.05) is 18.4 Å². The number of nitrogens with zero attached hydrogens (tertiary/aromatic N) is 3. The van der Waals surface area contributed by atoms with Gasteiger partial charge in [0.1, 0.15) is 11.1 Å². The van der Waals surface area contributed by atoms with E-state index in [1.54, 1.807) is 6.07 Å². The number of rotatable bonds is 4. The Morgan fingerprint density at radius 1 is 1.55 bits per heavy atom. The molecule has 1 atom stereocenters. The van der Waals surface area contributed by atoms with E-state index in [1.165, 1.54) is 17.0 Å². The SMILES string of the molecule is Cn1cccc1[C@H]1CCCN1CC(=O)Nc1sccc1C#N. The van der Waals surface area contributed by atoms with Crippen LogP contribution in [0.4, 0.5) is 5.00 Å².